The monoisotopic (exact) mass is 269 g/mol. The van der Waals surface area contributed by atoms with E-state index in [9.17, 15) is 14.3 Å². The van der Waals surface area contributed by atoms with Crippen LogP contribution >= 0.6 is 0 Å². The number of halogens is 1. The third-order valence-corrected chi connectivity index (χ3v) is 2.48. The van der Waals surface area contributed by atoms with Crippen LogP contribution in [0.15, 0.2) is 23.4 Å². The Bertz CT molecular complexity index is 477. The quantitative estimate of drug-likeness (QED) is 0.204. The molecule has 0 aliphatic heterocycles. The van der Waals surface area contributed by atoms with Gasteiger partial charge in [0.2, 0.25) is 0 Å². The third kappa shape index (κ3) is 4.82. The summed E-state index contributed by atoms with van der Waals surface area (Å²) in [5.41, 5.74) is 5.31. The topological polar surface area (TPSA) is 108 Å². The molecule has 0 heterocycles. The molecular formula is C12H16FN3O3. The molecule has 0 unspecified atom stereocenters. The summed E-state index contributed by atoms with van der Waals surface area (Å²) in [6, 6.07) is 3.21. The summed E-state index contributed by atoms with van der Waals surface area (Å²) < 4.78 is 12.7. The number of oxime groups is 1. The number of nitrogens with zero attached hydrogens (tertiary/aromatic N) is 1. The van der Waals surface area contributed by atoms with Crippen LogP contribution in [0.25, 0.3) is 0 Å². The largest absolute Gasteiger partial charge is 0.507 e. The highest BCUT2D eigenvalue weighted by molar-refractivity contribution is 5.96. The number of benzene rings is 1. The number of carbonyl (C=O) groups is 1. The van der Waals surface area contributed by atoms with E-state index in [-0.39, 0.29) is 11.4 Å². The molecule has 1 amide bonds. The molecule has 0 saturated carbocycles. The van der Waals surface area contributed by atoms with Gasteiger partial charge in [-0.05, 0) is 25.0 Å². The molecule has 0 spiro atoms. The van der Waals surface area contributed by atoms with Gasteiger partial charge in [-0.25, -0.2) is 4.39 Å². The van der Waals surface area contributed by atoms with Gasteiger partial charge < -0.3 is 21.4 Å². The molecule has 0 saturated heterocycles. The summed E-state index contributed by atoms with van der Waals surface area (Å²) in [6.07, 6.45) is 1.74. The number of amidine groups is 1. The molecule has 1 aromatic carbocycles. The van der Waals surface area contributed by atoms with E-state index in [0.29, 0.717) is 25.8 Å². The lowest BCUT2D eigenvalue weighted by molar-refractivity contribution is 0.0950. The molecule has 0 aliphatic carbocycles. The molecule has 0 aliphatic rings. The Balaban J connectivity index is 2.35. The number of carbonyl (C=O) groups excluding carboxylic acids is 1. The van der Waals surface area contributed by atoms with E-state index in [2.05, 4.69) is 10.5 Å². The van der Waals surface area contributed by atoms with Crippen LogP contribution in [-0.2, 0) is 0 Å². The standard InChI is InChI=1S/C12H16FN3O3/c13-8-4-5-9(10(17)7-8)12(18)15-6-2-1-3-11(14)16-19/h4-5,7,17,19H,1-3,6H2,(H2,14,16)(H,15,18). The number of phenolic OH excluding ortho intramolecular Hbond substituents is 1. The van der Waals surface area contributed by atoms with Gasteiger partial charge in [0, 0.05) is 19.0 Å². The molecule has 1 aromatic rings. The van der Waals surface area contributed by atoms with Gasteiger partial charge in [-0.15, -0.1) is 0 Å². The van der Waals surface area contributed by atoms with Crippen molar-refractivity contribution < 1.29 is 19.5 Å². The van der Waals surface area contributed by atoms with Gasteiger partial charge in [-0.3, -0.25) is 4.79 Å². The van der Waals surface area contributed by atoms with Crippen molar-refractivity contribution in [3.63, 3.8) is 0 Å². The fourth-order valence-electron chi connectivity index (χ4n) is 1.48. The lowest BCUT2D eigenvalue weighted by atomic mass is 10.1. The SMILES string of the molecule is N/C(CCCCNC(=O)c1ccc(F)cc1O)=N/O. The molecule has 0 aromatic heterocycles. The highest BCUT2D eigenvalue weighted by Gasteiger charge is 2.10. The first-order valence-corrected chi connectivity index (χ1v) is 5.77. The maximum absolute atomic E-state index is 12.7. The number of rotatable bonds is 6. The molecule has 5 N–H and O–H groups in total. The highest BCUT2D eigenvalue weighted by Crippen LogP contribution is 2.17. The fourth-order valence-corrected chi connectivity index (χ4v) is 1.48. The van der Waals surface area contributed by atoms with Crippen LogP contribution in [0.5, 0.6) is 5.75 Å². The third-order valence-electron chi connectivity index (χ3n) is 2.48. The Kier molecular flexibility index (Phi) is 5.59. The summed E-state index contributed by atoms with van der Waals surface area (Å²) in [5, 5.41) is 23.1. The van der Waals surface area contributed by atoms with Crippen molar-refractivity contribution in [2.75, 3.05) is 6.54 Å². The summed E-state index contributed by atoms with van der Waals surface area (Å²) in [4.78, 5) is 11.6. The van der Waals surface area contributed by atoms with Gasteiger partial charge in [0.05, 0.1) is 5.56 Å². The summed E-state index contributed by atoms with van der Waals surface area (Å²) >= 11 is 0. The van der Waals surface area contributed by atoms with Crippen LogP contribution in [0.4, 0.5) is 4.39 Å². The zero-order valence-corrected chi connectivity index (χ0v) is 10.3. The maximum Gasteiger partial charge on any atom is 0.255 e. The van der Waals surface area contributed by atoms with Crippen LogP contribution in [0.2, 0.25) is 0 Å². The molecular weight excluding hydrogens is 253 g/mol. The van der Waals surface area contributed by atoms with E-state index in [0.717, 1.165) is 12.1 Å². The maximum atomic E-state index is 12.7. The molecule has 19 heavy (non-hydrogen) atoms. The Morgan fingerprint density at radius 1 is 1.42 bits per heavy atom. The number of nitrogens with two attached hydrogens (primary N) is 1. The molecule has 104 valence electrons. The number of aromatic hydroxyl groups is 1. The second-order valence-electron chi connectivity index (χ2n) is 3.97. The van der Waals surface area contributed by atoms with Crippen molar-refractivity contribution in [1.29, 1.82) is 0 Å². The molecule has 1 rings (SSSR count). The Morgan fingerprint density at radius 2 is 2.16 bits per heavy atom. The molecule has 6 nitrogen and oxygen atoms in total. The lowest BCUT2D eigenvalue weighted by Crippen LogP contribution is -2.24. The van der Waals surface area contributed by atoms with Gasteiger partial charge >= 0.3 is 0 Å². The van der Waals surface area contributed by atoms with E-state index in [1.54, 1.807) is 0 Å². The lowest BCUT2D eigenvalue weighted by Gasteiger charge is -2.06. The number of nitrogens with one attached hydrogen (secondary N) is 1. The van der Waals surface area contributed by atoms with Crippen LogP contribution in [-0.4, -0.2) is 28.6 Å². The van der Waals surface area contributed by atoms with Crippen LogP contribution < -0.4 is 11.1 Å². The van der Waals surface area contributed by atoms with Crippen molar-refractivity contribution in [2.45, 2.75) is 19.3 Å². The van der Waals surface area contributed by atoms with Crippen molar-refractivity contribution in [1.82, 2.24) is 5.32 Å². The van der Waals surface area contributed by atoms with Crippen LogP contribution in [0, 0.1) is 5.82 Å². The van der Waals surface area contributed by atoms with Gasteiger partial charge in [-0.2, -0.15) is 0 Å². The minimum absolute atomic E-state index is 0.0258. The zero-order valence-electron chi connectivity index (χ0n) is 10.3. The van der Waals surface area contributed by atoms with E-state index in [1.165, 1.54) is 6.07 Å². The van der Waals surface area contributed by atoms with Gasteiger partial charge in [0.25, 0.3) is 5.91 Å². The van der Waals surface area contributed by atoms with Gasteiger partial charge in [0.15, 0.2) is 0 Å². The Hall–Kier alpha value is -2.31. The molecule has 7 heteroatoms. The van der Waals surface area contributed by atoms with Gasteiger partial charge in [-0.1, -0.05) is 5.16 Å². The van der Waals surface area contributed by atoms with Crippen LogP contribution in [0.3, 0.4) is 0 Å². The van der Waals surface area contributed by atoms with E-state index < -0.39 is 17.5 Å². The summed E-state index contributed by atoms with van der Waals surface area (Å²) in [6.45, 7) is 0.383. The number of unbranched alkanes of at least 4 members (excludes halogenated alkanes) is 1. The first kappa shape index (κ1) is 14.7. The smallest absolute Gasteiger partial charge is 0.255 e. The van der Waals surface area contributed by atoms with Crippen LogP contribution in [0.1, 0.15) is 29.6 Å². The Labute approximate surface area is 109 Å². The molecule has 0 fully saturated rings. The molecule has 0 bridgehead atoms. The second-order valence-corrected chi connectivity index (χ2v) is 3.97. The normalized spacial score (nSPS) is 11.3. The number of hydrogen-bond acceptors (Lipinski definition) is 4. The number of amides is 1. The minimum atomic E-state index is -0.604. The van der Waals surface area contributed by atoms with E-state index >= 15 is 0 Å². The highest BCUT2D eigenvalue weighted by atomic mass is 19.1. The second kappa shape index (κ2) is 7.20. The fraction of sp³-hybridized carbons (Fsp3) is 0.333. The first-order valence-electron chi connectivity index (χ1n) is 5.77. The minimum Gasteiger partial charge on any atom is -0.507 e. The first-order chi connectivity index (χ1) is 9.04. The van der Waals surface area contributed by atoms with Gasteiger partial charge in [0.1, 0.15) is 17.4 Å². The summed E-state index contributed by atoms with van der Waals surface area (Å²) in [7, 11) is 0. The van der Waals surface area contributed by atoms with Crippen molar-refractivity contribution in [3.05, 3.63) is 29.6 Å². The number of phenols is 1. The summed E-state index contributed by atoms with van der Waals surface area (Å²) in [5.74, 6) is -1.33. The number of hydrogen-bond donors (Lipinski definition) is 4. The predicted octanol–water partition coefficient (Wildman–Crippen LogP) is 1.18. The van der Waals surface area contributed by atoms with Crippen molar-refractivity contribution in [3.8, 4) is 5.75 Å². The van der Waals surface area contributed by atoms with E-state index in [1.807, 2.05) is 0 Å². The average Bonchev–Trinajstić information content (AvgIpc) is 2.37. The predicted molar refractivity (Wildman–Crippen MR) is 67.7 cm³/mol. The zero-order chi connectivity index (χ0) is 14.3. The molecule has 0 atom stereocenters. The van der Waals surface area contributed by atoms with E-state index in [4.69, 9.17) is 10.9 Å². The average molecular weight is 269 g/mol. The molecule has 0 radical (unpaired) electrons. The van der Waals surface area contributed by atoms with Crippen molar-refractivity contribution in [2.24, 2.45) is 10.9 Å². The van der Waals surface area contributed by atoms with Crippen molar-refractivity contribution >= 4 is 11.7 Å². The Morgan fingerprint density at radius 3 is 2.79 bits per heavy atom.